The molecule has 2 fully saturated rings. The van der Waals surface area contributed by atoms with Crippen LogP contribution in [0.3, 0.4) is 0 Å². The zero-order valence-corrected chi connectivity index (χ0v) is 13.6. The average Bonchev–Trinajstić information content (AvgIpc) is 3.27. The van der Waals surface area contributed by atoms with Gasteiger partial charge in [0.25, 0.3) is 0 Å². The molecule has 0 saturated carbocycles. The second kappa shape index (κ2) is 4.27. The number of carbonyl (C=O) groups excluding carboxylic acids is 2. The Morgan fingerprint density at radius 1 is 0.800 bits per heavy atom. The lowest BCUT2D eigenvalue weighted by molar-refractivity contribution is -0.141. The molecule has 4 nitrogen and oxygen atoms in total. The topological polar surface area (TPSA) is 46.6 Å². The molecule has 25 heavy (non-hydrogen) atoms. The van der Waals surface area contributed by atoms with E-state index in [9.17, 15) is 9.59 Å². The number of hydrogen-bond acceptors (Lipinski definition) is 3. The molecule has 6 rings (SSSR count). The van der Waals surface area contributed by atoms with Gasteiger partial charge in [-0.3, -0.25) is 14.5 Å². The van der Waals surface area contributed by atoms with Gasteiger partial charge >= 0.3 is 0 Å². The molecular formula is C21H15NO3. The zero-order valence-electron chi connectivity index (χ0n) is 13.6. The normalized spacial score (nSPS) is 29.7. The first-order valence-electron chi connectivity index (χ1n) is 8.57. The van der Waals surface area contributed by atoms with Gasteiger partial charge in [0.05, 0.1) is 24.0 Å². The zero-order chi connectivity index (χ0) is 16.9. The first kappa shape index (κ1) is 13.6. The van der Waals surface area contributed by atoms with Crippen LogP contribution in [0.5, 0.6) is 0 Å². The first-order chi connectivity index (χ1) is 12.1. The number of rotatable bonds is 0. The summed E-state index contributed by atoms with van der Waals surface area (Å²) < 4.78 is 6.11. The number of fused-ring (bicyclic) bond motifs is 11. The Hall–Kier alpha value is -2.72. The second-order valence-corrected chi connectivity index (χ2v) is 7.25. The van der Waals surface area contributed by atoms with E-state index < -0.39 is 0 Å². The Kier molecular flexibility index (Phi) is 2.31. The second-order valence-electron chi connectivity index (χ2n) is 7.25. The van der Waals surface area contributed by atoms with Crippen LogP contribution in [0.2, 0.25) is 0 Å². The van der Waals surface area contributed by atoms with Gasteiger partial charge in [0.15, 0.2) is 0 Å². The van der Waals surface area contributed by atoms with Crippen molar-refractivity contribution in [2.45, 2.75) is 12.2 Å². The summed E-state index contributed by atoms with van der Waals surface area (Å²) in [5.41, 5.74) is 2.15. The Labute approximate surface area is 144 Å². The summed E-state index contributed by atoms with van der Waals surface area (Å²) in [6.45, 7) is 0. The van der Waals surface area contributed by atoms with Crippen LogP contribution in [0.1, 0.15) is 23.3 Å². The van der Waals surface area contributed by atoms with Gasteiger partial charge in [-0.2, -0.15) is 0 Å². The number of nitrogens with zero attached hydrogens (tertiary/aromatic N) is 1. The summed E-state index contributed by atoms with van der Waals surface area (Å²) in [7, 11) is 1.58. The fraction of sp³-hybridized carbons (Fsp3) is 0.238. The van der Waals surface area contributed by atoms with Crippen LogP contribution in [-0.2, 0) is 14.3 Å². The highest BCUT2D eigenvalue weighted by Gasteiger charge is 2.63. The molecule has 2 bridgehead atoms. The lowest BCUT2D eigenvalue weighted by Gasteiger charge is -2.21. The van der Waals surface area contributed by atoms with Gasteiger partial charge in [0, 0.05) is 7.05 Å². The minimum absolute atomic E-state index is 0.105. The van der Waals surface area contributed by atoms with Gasteiger partial charge in [-0.25, -0.2) is 0 Å². The Bertz CT molecular complexity index is 1120. The molecule has 3 heterocycles. The number of benzene rings is 3. The Balaban J connectivity index is 1.62. The van der Waals surface area contributed by atoms with Crippen molar-refractivity contribution in [3.05, 3.63) is 59.7 Å². The van der Waals surface area contributed by atoms with Crippen LogP contribution in [-0.4, -0.2) is 23.8 Å². The van der Waals surface area contributed by atoms with Crippen LogP contribution < -0.4 is 0 Å². The number of carbonyl (C=O) groups is 2. The van der Waals surface area contributed by atoms with Crippen molar-refractivity contribution < 1.29 is 14.3 Å². The molecule has 0 aliphatic carbocycles. The maximum atomic E-state index is 12.5. The predicted molar refractivity (Wildman–Crippen MR) is 92.8 cm³/mol. The quantitative estimate of drug-likeness (QED) is 0.469. The maximum absolute atomic E-state index is 12.5. The molecular weight excluding hydrogens is 314 g/mol. The average molecular weight is 329 g/mol. The van der Waals surface area contributed by atoms with Gasteiger partial charge in [0.1, 0.15) is 0 Å². The van der Waals surface area contributed by atoms with Crippen molar-refractivity contribution in [1.29, 1.82) is 0 Å². The number of hydrogen-bond donors (Lipinski definition) is 0. The highest BCUT2D eigenvalue weighted by molar-refractivity contribution is 6.09. The number of likely N-dealkylation sites (tertiary alicyclic amines) is 1. The summed E-state index contributed by atoms with van der Waals surface area (Å²) in [4.78, 5) is 26.2. The standard InChI is InChI=1S/C21H15NO3/c1-22-20(23)16-17(21(22)24)19-15-9-13-11(8-14(15)18(16)25-19)7-6-10-4-2-3-5-12(10)13/h2-9,16-19H,1H3/t16-,17+,18-,19+/m1/s1. The number of ether oxygens (including phenoxy) is 1. The molecule has 3 aliphatic rings. The minimum atomic E-state index is -0.359. The van der Waals surface area contributed by atoms with Crippen molar-refractivity contribution >= 4 is 33.4 Å². The van der Waals surface area contributed by atoms with E-state index in [0.717, 1.165) is 16.5 Å². The van der Waals surface area contributed by atoms with Crippen molar-refractivity contribution in [3.8, 4) is 0 Å². The third kappa shape index (κ3) is 1.47. The van der Waals surface area contributed by atoms with Crippen molar-refractivity contribution in [2.75, 3.05) is 7.05 Å². The smallest absolute Gasteiger partial charge is 0.235 e. The van der Waals surface area contributed by atoms with Crippen LogP contribution in [0.25, 0.3) is 21.5 Å². The van der Waals surface area contributed by atoms with Gasteiger partial charge in [-0.05, 0) is 44.8 Å². The van der Waals surface area contributed by atoms with Gasteiger partial charge < -0.3 is 4.74 Å². The van der Waals surface area contributed by atoms with Crippen molar-refractivity contribution in [2.24, 2.45) is 11.8 Å². The van der Waals surface area contributed by atoms with Gasteiger partial charge in [-0.1, -0.05) is 36.4 Å². The van der Waals surface area contributed by atoms with Crippen LogP contribution in [0.15, 0.2) is 48.5 Å². The predicted octanol–water partition coefficient (Wildman–Crippen LogP) is 3.35. The van der Waals surface area contributed by atoms with Crippen LogP contribution >= 0.6 is 0 Å². The van der Waals surface area contributed by atoms with E-state index in [1.54, 1.807) is 7.05 Å². The van der Waals surface area contributed by atoms with E-state index in [1.807, 2.05) is 12.1 Å². The third-order valence-corrected chi connectivity index (χ3v) is 6.13. The summed E-state index contributed by atoms with van der Waals surface area (Å²) in [6.07, 6.45) is -0.586. The van der Waals surface area contributed by atoms with Crippen LogP contribution in [0.4, 0.5) is 0 Å². The summed E-state index contributed by atoms with van der Waals surface area (Å²) in [5.74, 6) is -0.923. The summed E-state index contributed by atoms with van der Waals surface area (Å²) in [6, 6.07) is 16.9. The van der Waals surface area contributed by atoms with E-state index in [-0.39, 0.29) is 35.9 Å². The number of imide groups is 1. The molecule has 0 radical (unpaired) electrons. The Morgan fingerprint density at radius 2 is 1.44 bits per heavy atom. The van der Waals surface area contributed by atoms with Gasteiger partial charge in [-0.15, -0.1) is 0 Å². The summed E-state index contributed by atoms with van der Waals surface area (Å²) >= 11 is 0. The van der Waals surface area contributed by atoms with E-state index >= 15 is 0 Å². The molecule has 122 valence electrons. The monoisotopic (exact) mass is 329 g/mol. The number of amides is 2. The molecule has 4 atom stereocenters. The minimum Gasteiger partial charge on any atom is -0.364 e. The third-order valence-electron chi connectivity index (χ3n) is 6.13. The molecule has 0 spiro atoms. The first-order valence-corrected chi connectivity index (χ1v) is 8.57. The Morgan fingerprint density at radius 3 is 2.20 bits per heavy atom. The molecule has 2 saturated heterocycles. The van der Waals surface area contributed by atoms with Crippen LogP contribution in [0, 0.1) is 11.8 Å². The fourth-order valence-corrected chi connectivity index (χ4v) is 4.94. The lowest BCUT2D eigenvalue weighted by Crippen LogP contribution is -2.28. The molecule has 0 aromatic heterocycles. The van der Waals surface area contributed by atoms with Crippen molar-refractivity contribution in [1.82, 2.24) is 4.90 Å². The van der Waals surface area contributed by atoms with E-state index in [2.05, 4.69) is 36.4 Å². The highest BCUT2D eigenvalue weighted by Crippen LogP contribution is 2.60. The van der Waals surface area contributed by atoms with Crippen molar-refractivity contribution in [3.63, 3.8) is 0 Å². The highest BCUT2D eigenvalue weighted by atomic mass is 16.5. The van der Waals surface area contributed by atoms with Gasteiger partial charge in [0.2, 0.25) is 11.8 Å². The molecule has 2 amide bonds. The molecule has 0 N–H and O–H groups in total. The van der Waals surface area contributed by atoms with E-state index in [1.165, 1.54) is 21.1 Å². The van der Waals surface area contributed by atoms with E-state index in [0.29, 0.717) is 0 Å². The molecule has 0 unspecified atom stereocenters. The lowest BCUT2D eigenvalue weighted by atomic mass is 9.76. The maximum Gasteiger partial charge on any atom is 0.235 e. The van der Waals surface area contributed by atoms with E-state index in [4.69, 9.17) is 4.74 Å². The summed E-state index contributed by atoms with van der Waals surface area (Å²) in [5, 5.41) is 4.72. The SMILES string of the molecule is CN1C(=O)[C@@H]2[C@H](C1=O)[C@H]1O[C@@H]2c2cc3ccc4ccccc4c3cc21. The largest absolute Gasteiger partial charge is 0.364 e. The fourth-order valence-electron chi connectivity index (χ4n) is 4.94. The molecule has 3 aromatic rings. The molecule has 4 heteroatoms. The molecule has 3 aliphatic heterocycles. The molecule has 3 aromatic carbocycles.